The first kappa shape index (κ1) is 24.6. The average Bonchev–Trinajstić information content (AvgIpc) is 2.57. The average molecular weight is 380 g/mol. The van der Waals surface area contributed by atoms with E-state index in [1.54, 1.807) is 6.92 Å². The Kier molecular flexibility index (Phi) is 14.5. The zero-order valence-corrected chi connectivity index (χ0v) is 16.6. The van der Waals surface area contributed by atoms with E-state index in [0.717, 1.165) is 12.8 Å². The smallest absolute Gasteiger partial charge is 0.220 e. The SMILES string of the molecule is CCCCCCCCCCCC(=O)NC[C@@H]1NN[C@@H](C)[C@@H](O)[C@H]1O.Cl. The molecule has 1 saturated heterocycles. The summed E-state index contributed by atoms with van der Waals surface area (Å²) in [6.45, 7) is 4.34. The van der Waals surface area contributed by atoms with E-state index in [9.17, 15) is 15.0 Å². The van der Waals surface area contributed by atoms with Gasteiger partial charge in [0.2, 0.25) is 5.91 Å². The summed E-state index contributed by atoms with van der Waals surface area (Å²) in [5, 5.41) is 22.6. The number of unbranched alkanes of at least 4 members (excludes halogenated alkanes) is 8. The van der Waals surface area contributed by atoms with Crippen molar-refractivity contribution in [2.75, 3.05) is 6.54 Å². The Hall–Kier alpha value is -0.400. The van der Waals surface area contributed by atoms with Gasteiger partial charge < -0.3 is 15.5 Å². The van der Waals surface area contributed by atoms with Crippen LogP contribution in [0.5, 0.6) is 0 Å². The molecule has 1 aliphatic heterocycles. The fourth-order valence-electron chi connectivity index (χ4n) is 3.02. The highest BCUT2D eigenvalue weighted by atomic mass is 35.5. The number of amides is 1. The second-order valence-corrected chi connectivity index (χ2v) is 7.05. The summed E-state index contributed by atoms with van der Waals surface area (Å²) in [4.78, 5) is 11.8. The Morgan fingerprint density at radius 3 is 2.08 bits per heavy atom. The van der Waals surface area contributed by atoms with Gasteiger partial charge in [-0.05, 0) is 13.3 Å². The van der Waals surface area contributed by atoms with Gasteiger partial charge in [-0.1, -0.05) is 58.3 Å². The van der Waals surface area contributed by atoms with Gasteiger partial charge in [0, 0.05) is 19.0 Å². The maximum absolute atomic E-state index is 11.8. The fourth-order valence-corrected chi connectivity index (χ4v) is 3.02. The molecule has 0 bridgehead atoms. The highest BCUT2D eigenvalue weighted by Gasteiger charge is 2.34. The molecule has 0 aliphatic carbocycles. The van der Waals surface area contributed by atoms with Crippen molar-refractivity contribution in [2.24, 2.45) is 0 Å². The first-order valence-corrected chi connectivity index (χ1v) is 9.70. The van der Waals surface area contributed by atoms with Gasteiger partial charge in [0.05, 0.1) is 18.2 Å². The molecule has 4 atom stereocenters. The predicted octanol–water partition coefficient (Wildman–Crippen LogP) is 2.03. The third-order valence-corrected chi connectivity index (χ3v) is 4.80. The number of hydrogen-bond acceptors (Lipinski definition) is 5. The summed E-state index contributed by atoms with van der Waals surface area (Å²) in [7, 11) is 0. The fraction of sp³-hybridized carbons (Fsp3) is 0.944. The Morgan fingerprint density at radius 1 is 0.920 bits per heavy atom. The van der Waals surface area contributed by atoms with E-state index in [1.165, 1.54) is 44.9 Å². The van der Waals surface area contributed by atoms with E-state index in [2.05, 4.69) is 23.1 Å². The lowest BCUT2D eigenvalue weighted by Crippen LogP contribution is -2.67. The van der Waals surface area contributed by atoms with E-state index in [-0.39, 0.29) is 30.4 Å². The lowest BCUT2D eigenvalue weighted by Gasteiger charge is -2.37. The van der Waals surface area contributed by atoms with Crippen LogP contribution in [0.25, 0.3) is 0 Å². The standard InChI is InChI=1S/C18H37N3O3.ClH/c1-3-4-5-6-7-8-9-10-11-12-16(22)19-13-15-18(24)17(23)14(2)20-21-15;/h14-15,17-18,20-21,23-24H,3-13H2,1-2H3,(H,19,22);1H/t14-,15-,17+,18-;/m0./s1. The first-order valence-electron chi connectivity index (χ1n) is 9.70. The minimum absolute atomic E-state index is 0. The van der Waals surface area contributed by atoms with Crippen LogP contribution in [0.3, 0.4) is 0 Å². The van der Waals surface area contributed by atoms with Gasteiger partial charge >= 0.3 is 0 Å². The van der Waals surface area contributed by atoms with Gasteiger partial charge in [0.25, 0.3) is 0 Å². The predicted molar refractivity (Wildman–Crippen MR) is 104 cm³/mol. The maximum Gasteiger partial charge on any atom is 0.220 e. The van der Waals surface area contributed by atoms with Crippen molar-refractivity contribution in [1.82, 2.24) is 16.2 Å². The van der Waals surface area contributed by atoms with Gasteiger partial charge in [-0.3, -0.25) is 10.2 Å². The van der Waals surface area contributed by atoms with Crippen molar-refractivity contribution in [3.8, 4) is 0 Å². The Labute approximate surface area is 158 Å². The molecule has 5 N–H and O–H groups in total. The monoisotopic (exact) mass is 379 g/mol. The molecule has 0 unspecified atom stereocenters. The van der Waals surface area contributed by atoms with Crippen molar-refractivity contribution in [2.45, 2.75) is 102 Å². The molecule has 0 saturated carbocycles. The number of hydrogen-bond donors (Lipinski definition) is 5. The Morgan fingerprint density at radius 2 is 1.48 bits per heavy atom. The molecular formula is C18H38ClN3O3. The second kappa shape index (κ2) is 14.7. The van der Waals surface area contributed by atoms with Gasteiger partial charge in [-0.2, -0.15) is 0 Å². The van der Waals surface area contributed by atoms with Crippen LogP contribution in [-0.2, 0) is 4.79 Å². The molecule has 1 heterocycles. The minimum Gasteiger partial charge on any atom is -0.389 e. The molecule has 1 fully saturated rings. The van der Waals surface area contributed by atoms with Crippen LogP contribution in [-0.4, -0.2) is 47.0 Å². The van der Waals surface area contributed by atoms with Crippen LogP contribution < -0.4 is 16.2 Å². The van der Waals surface area contributed by atoms with Crippen LogP contribution in [0.2, 0.25) is 0 Å². The summed E-state index contributed by atoms with van der Waals surface area (Å²) in [6.07, 6.45) is 9.94. The quantitative estimate of drug-likeness (QED) is 0.334. The molecule has 1 aliphatic rings. The Balaban J connectivity index is 0.00000576. The summed E-state index contributed by atoms with van der Waals surface area (Å²) in [6, 6.07) is -0.586. The summed E-state index contributed by atoms with van der Waals surface area (Å²) >= 11 is 0. The molecule has 0 radical (unpaired) electrons. The van der Waals surface area contributed by atoms with Crippen LogP contribution in [0.4, 0.5) is 0 Å². The molecule has 150 valence electrons. The first-order chi connectivity index (χ1) is 11.6. The molecule has 6 nitrogen and oxygen atoms in total. The summed E-state index contributed by atoms with van der Waals surface area (Å²) < 4.78 is 0. The topological polar surface area (TPSA) is 93.6 Å². The molecule has 1 rings (SSSR count). The van der Waals surface area contributed by atoms with E-state index in [0.29, 0.717) is 13.0 Å². The third-order valence-electron chi connectivity index (χ3n) is 4.80. The number of carbonyl (C=O) groups is 1. The molecule has 0 aromatic rings. The van der Waals surface area contributed by atoms with E-state index >= 15 is 0 Å². The van der Waals surface area contributed by atoms with Gasteiger partial charge in [-0.25, -0.2) is 5.43 Å². The van der Waals surface area contributed by atoms with E-state index in [4.69, 9.17) is 0 Å². The highest BCUT2D eigenvalue weighted by Crippen LogP contribution is 2.11. The maximum atomic E-state index is 11.8. The number of nitrogens with one attached hydrogen (secondary N) is 3. The van der Waals surface area contributed by atoms with Crippen molar-refractivity contribution >= 4 is 18.3 Å². The molecule has 7 heteroatoms. The van der Waals surface area contributed by atoms with Crippen molar-refractivity contribution < 1.29 is 15.0 Å². The normalized spacial score (nSPS) is 26.1. The lowest BCUT2D eigenvalue weighted by molar-refractivity contribution is -0.122. The third kappa shape index (κ3) is 10.4. The zero-order valence-electron chi connectivity index (χ0n) is 15.8. The molecule has 0 aromatic heterocycles. The summed E-state index contributed by atoms with van der Waals surface area (Å²) in [5.41, 5.74) is 5.84. The summed E-state index contributed by atoms with van der Waals surface area (Å²) in [5.74, 6) is 0.0139. The van der Waals surface area contributed by atoms with Gasteiger partial charge in [0.1, 0.15) is 0 Å². The largest absolute Gasteiger partial charge is 0.389 e. The van der Waals surface area contributed by atoms with E-state index in [1.807, 2.05) is 0 Å². The number of halogens is 1. The van der Waals surface area contributed by atoms with Crippen LogP contribution in [0, 0.1) is 0 Å². The zero-order chi connectivity index (χ0) is 17.8. The second-order valence-electron chi connectivity index (χ2n) is 7.05. The molecule has 1 amide bonds. The van der Waals surface area contributed by atoms with Crippen LogP contribution in [0.15, 0.2) is 0 Å². The number of hydrazine groups is 1. The molecule has 0 spiro atoms. The lowest BCUT2D eigenvalue weighted by atomic mass is 9.98. The number of aliphatic hydroxyl groups excluding tert-OH is 2. The molecular weight excluding hydrogens is 342 g/mol. The van der Waals surface area contributed by atoms with Gasteiger partial charge in [-0.15, -0.1) is 12.4 Å². The Bertz CT molecular complexity index is 348. The van der Waals surface area contributed by atoms with Crippen molar-refractivity contribution in [3.63, 3.8) is 0 Å². The van der Waals surface area contributed by atoms with Crippen molar-refractivity contribution in [1.29, 1.82) is 0 Å². The molecule has 25 heavy (non-hydrogen) atoms. The van der Waals surface area contributed by atoms with E-state index < -0.39 is 12.2 Å². The van der Waals surface area contributed by atoms with Gasteiger partial charge in [0.15, 0.2) is 0 Å². The highest BCUT2D eigenvalue weighted by molar-refractivity contribution is 5.85. The number of aliphatic hydroxyl groups is 2. The van der Waals surface area contributed by atoms with Crippen molar-refractivity contribution in [3.05, 3.63) is 0 Å². The molecule has 0 aromatic carbocycles. The minimum atomic E-state index is -0.880. The number of rotatable bonds is 12. The van der Waals surface area contributed by atoms with Crippen LogP contribution in [0.1, 0.15) is 78.1 Å². The number of carbonyl (C=O) groups excluding carboxylic acids is 1. The van der Waals surface area contributed by atoms with Crippen LogP contribution >= 0.6 is 12.4 Å².